The molecule has 0 aromatic carbocycles. The molecule has 1 amide bonds. The van der Waals surface area contributed by atoms with Crippen LogP contribution < -0.4 is 0 Å². The number of likely N-dealkylation sites (N-methyl/N-ethyl adjacent to an activating group) is 1. The van der Waals surface area contributed by atoms with Crippen LogP contribution in [-0.2, 0) is 4.74 Å². The Morgan fingerprint density at radius 3 is 2.50 bits per heavy atom. The molecule has 0 aliphatic rings. The molecule has 0 aliphatic carbocycles. The van der Waals surface area contributed by atoms with E-state index in [2.05, 4.69) is 20.9 Å². The minimum atomic E-state index is -0.502. The monoisotopic (exact) mass is 342 g/mol. The first-order valence-electron chi connectivity index (χ1n) is 6.22. The third kappa shape index (κ3) is 5.69. The van der Waals surface area contributed by atoms with Gasteiger partial charge in [0.25, 0.3) is 0 Å². The summed E-state index contributed by atoms with van der Waals surface area (Å²) in [6, 6.07) is 3.35. The van der Waals surface area contributed by atoms with Crippen molar-refractivity contribution < 1.29 is 14.3 Å². The Hall–Kier alpha value is -1.43. The number of aromatic nitrogens is 1. The molecule has 0 N–H and O–H groups in total. The van der Waals surface area contributed by atoms with Crippen molar-refractivity contribution in [2.24, 2.45) is 5.41 Å². The fourth-order valence-corrected chi connectivity index (χ4v) is 1.53. The molecule has 1 heterocycles. The van der Waals surface area contributed by atoms with Gasteiger partial charge in [-0.25, -0.2) is 9.78 Å². The van der Waals surface area contributed by atoms with Crippen molar-refractivity contribution in [3.8, 4) is 0 Å². The molecule has 0 fully saturated rings. The molecule has 1 aromatic heterocycles. The highest BCUT2D eigenvalue weighted by molar-refractivity contribution is 9.10. The molecule has 0 saturated heterocycles. The molecule has 0 radical (unpaired) electrons. The molecule has 0 bridgehead atoms. The topological polar surface area (TPSA) is 59.5 Å². The Kier molecular flexibility index (Phi) is 5.68. The molecule has 0 saturated carbocycles. The molecular formula is C14H19BrN2O3. The molecule has 110 valence electrons. The predicted molar refractivity (Wildman–Crippen MR) is 79.7 cm³/mol. The van der Waals surface area contributed by atoms with Gasteiger partial charge in [0.05, 0.1) is 13.2 Å². The summed E-state index contributed by atoms with van der Waals surface area (Å²) in [6.45, 7) is 6.19. The minimum Gasteiger partial charge on any atom is -0.449 e. The van der Waals surface area contributed by atoms with E-state index in [0.29, 0.717) is 16.8 Å². The van der Waals surface area contributed by atoms with Gasteiger partial charge >= 0.3 is 6.09 Å². The summed E-state index contributed by atoms with van der Waals surface area (Å²) in [4.78, 5) is 28.9. The fraction of sp³-hybridized carbons (Fsp3) is 0.500. The standard InChI is InChI=1S/C14H19BrN2O3/c1-14(2,3)9-20-13(19)17(4)8-11(18)10-5-6-12(15)16-7-10/h5-7H,8-9H2,1-4H3. The Bertz CT molecular complexity index is 480. The number of Topliss-reactive ketones (excluding diaryl/α,β-unsaturated/α-hetero) is 1. The number of rotatable bonds is 4. The highest BCUT2D eigenvalue weighted by Gasteiger charge is 2.19. The number of halogens is 1. The van der Waals surface area contributed by atoms with Crippen LogP contribution in [0.15, 0.2) is 22.9 Å². The maximum absolute atomic E-state index is 12.0. The second-order valence-corrected chi connectivity index (χ2v) is 6.58. The van der Waals surface area contributed by atoms with Gasteiger partial charge in [-0.15, -0.1) is 0 Å². The lowest BCUT2D eigenvalue weighted by atomic mass is 9.99. The third-order valence-electron chi connectivity index (χ3n) is 2.37. The zero-order chi connectivity index (χ0) is 15.3. The molecule has 5 nitrogen and oxygen atoms in total. The van der Waals surface area contributed by atoms with E-state index in [0.717, 1.165) is 0 Å². The van der Waals surface area contributed by atoms with E-state index in [1.165, 1.54) is 18.1 Å². The van der Waals surface area contributed by atoms with Crippen LogP contribution in [0, 0.1) is 5.41 Å². The van der Waals surface area contributed by atoms with Gasteiger partial charge < -0.3 is 9.64 Å². The number of ketones is 1. The largest absolute Gasteiger partial charge is 0.449 e. The van der Waals surface area contributed by atoms with Crippen molar-refractivity contribution >= 4 is 27.8 Å². The number of hydrogen-bond donors (Lipinski definition) is 0. The Morgan fingerprint density at radius 1 is 1.35 bits per heavy atom. The summed E-state index contributed by atoms with van der Waals surface area (Å²) in [5, 5.41) is 0. The van der Waals surface area contributed by atoms with E-state index < -0.39 is 6.09 Å². The average Bonchev–Trinajstić information content (AvgIpc) is 2.35. The first-order chi connectivity index (χ1) is 9.19. The van der Waals surface area contributed by atoms with Crippen LogP contribution in [0.4, 0.5) is 4.79 Å². The first-order valence-corrected chi connectivity index (χ1v) is 7.01. The van der Waals surface area contributed by atoms with E-state index in [1.807, 2.05) is 20.8 Å². The Morgan fingerprint density at radius 2 is 2.00 bits per heavy atom. The molecular weight excluding hydrogens is 324 g/mol. The van der Waals surface area contributed by atoms with E-state index in [9.17, 15) is 9.59 Å². The molecule has 0 aliphatic heterocycles. The smallest absolute Gasteiger partial charge is 0.409 e. The SMILES string of the molecule is CN(CC(=O)c1ccc(Br)nc1)C(=O)OCC(C)(C)C. The summed E-state index contributed by atoms with van der Waals surface area (Å²) in [5.41, 5.74) is 0.361. The van der Waals surface area contributed by atoms with Crippen molar-refractivity contribution in [2.45, 2.75) is 20.8 Å². The van der Waals surface area contributed by atoms with Gasteiger partial charge in [0.15, 0.2) is 5.78 Å². The van der Waals surface area contributed by atoms with Crippen LogP contribution in [0.2, 0.25) is 0 Å². The van der Waals surface area contributed by atoms with Gasteiger partial charge in [-0.05, 0) is 33.5 Å². The maximum Gasteiger partial charge on any atom is 0.409 e. The predicted octanol–water partition coefficient (Wildman–Crippen LogP) is 3.14. The number of nitrogens with zero attached hydrogens (tertiary/aromatic N) is 2. The van der Waals surface area contributed by atoms with E-state index >= 15 is 0 Å². The third-order valence-corrected chi connectivity index (χ3v) is 2.84. The van der Waals surface area contributed by atoms with Gasteiger partial charge in [0.1, 0.15) is 4.60 Å². The fourth-order valence-electron chi connectivity index (χ4n) is 1.30. The van der Waals surface area contributed by atoms with Crippen LogP contribution in [0.5, 0.6) is 0 Å². The molecule has 1 aromatic rings. The zero-order valence-electron chi connectivity index (χ0n) is 12.1. The summed E-state index contributed by atoms with van der Waals surface area (Å²) in [6.07, 6.45) is 0.971. The summed E-state index contributed by atoms with van der Waals surface area (Å²) in [7, 11) is 1.54. The lowest BCUT2D eigenvalue weighted by Gasteiger charge is -2.21. The van der Waals surface area contributed by atoms with Gasteiger partial charge in [0, 0.05) is 18.8 Å². The second kappa shape index (κ2) is 6.83. The number of carbonyl (C=O) groups excluding carboxylic acids is 2. The minimum absolute atomic E-state index is 0.0354. The maximum atomic E-state index is 12.0. The number of ether oxygens (including phenoxy) is 1. The van der Waals surface area contributed by atoms with Crippen molar-refractivity contribution in [1.82, 2.24) is 9.88 Å². The average molecular weight is 343 g/mol. The lowest BCUT2D eigenvalue weighted by Crippen LogP contribution is -2.34. The molecule has 0 unspecified atom stereocenters. The van der Waals surface area contributed by atoms with E-state index in [-0.39, 0.29) is 17.7 Å². The van der Waals surface area contributed by atoms with Gasteiger partial charge in [-0.3, -0.25) is 4.79 Å². The summed E-state index contributed by atoms with van der Waals surface area (Å²) < 4.78 is 5.80. The van der Waals surface area contributed by atoms with Crippen molar-refractivity contribution in [1.29, 1.82) is 0 Å². The summed E-state index contributed by atoms with van der Waals surface area (Å²) >= 11 is 3.20. The van der Waals surface area contributed by atoms with Crippen LogP contribution in [0.3, 0.4) is 0 Å². The molecule has 1 rings (SSSR count). The molecule has 6 heteroatoms. The quantitative estimate of drug-likeness (QED) is 0.622. The van der Waals surface area contributed by atoms with Crippen LogP contribution in [0.1, 0.15) is 31.1 Å². The number of hydrogen-bond acceptors (Lipinski definition) is 4. The lowest BCUT2D eigenvalue weighted by molar-refractivity contribution is 0.0725. The van der Waals surface area contributed by atoms with Crippen LogP contribution in [-0.4, -0.2) is 42.0 Å². The highest BCUT2D eigenvalue weighted by Crippen LogP contribution is 2.13. The van der Waals surface area contributed by atoms with Crippen molar-refractivity contribution in [3.05, 3.63) is 28.5 Å². The summed E-state index contributed by atoms with van der Waals surface area (Å²) in [5.74, 6) is -0.180. The Balaban J connectivity index is 2.53. The van der Waals surface area contributed by atoms with Crippen molar-refractivity contribution in [3.63, 3.8) is 0 Å². The number of pyridine rings is 1. The zero-order valence-corrected chi connectivity index (χ0v) is 13.7. The number of carbonyl (C=O) groups is 2. The van der Waals surface area contributed by atoms with Crippen LogP contribution >= 0.6 is 15.9 Å². The van der Waals surface area contributed by atoms with Crippen LogP contribution in [0.25, 0.3) is 0 Å². The highest BCUT2D eigenvalue weighted by atomic mass is 79.9. The Labute approximate surface area is 127 Å². The van der Waals surface area contributed by atoms with Crippen molar-refractivity contribution in [2.75, 3.05) is 20.2 Å². The van der Waals surface area contributed by atoms with Gasteiger partial charge in [-0.2, -0.15) is 0 Å². The number of amides is 1. The van der Waals surface area contributed by atoms with Gasteiger partial charge in [-0.1, -0.05) is 20.8 Å². The normalized spacial score (nSPS) is 11.1. The molecule has 0 atom stereocenters. The van der Waals surface area contributed by atoms with E-state index in [4.69, 9.17) is 4.74 Å². The first kappa shape index (κ1) is 16.6. The van der Waals surface area contributed by atoms with Gasteiger partial charge in [0.2, 0.25) is 0 Å². The second-order valence-electron chi connectivity index (χ2n) is 5.76. The van der Waals surface area contributed by atoms with E-state index in [1.54, 1.807) is 12.1 Å². The molecule has 0 spiro atoms. The molecule has 20 heavy (non-hydrogen) atoms.